The molecule has 0 aromatic carbocycles. The molecule has 0 spiro atoms. The second-order valence-corrected chi connectivity index (χ2v) is 6.21. The number of aliphatic hydroxyl groups excluding tert-OH is 1. The molecule has 4 N–H and O–H groups in total. The zero-order valence-electron chi connectivity index (χ0n) is 9.37. The summed E-state index contributed by atoms with van der Waals surface area (Å²) in [5.41, 5.74) is 7.30. The van der Waals surface area contributed by atoms with Crippen LogP contribution < -0.4 is 5.73 Å². The molecule has 0 fully saturated rings. The monoisotopic (exact) mass is 257 g/mol. The summed E-state index contributed by atoms with van der Waals surface area (Å²) >= 11 is 0. The SMILES string of the molecule is CC1=CC2CC(S(=O)(=O)O)C=C(O)C2C(N)=C1. The highest BCUT2D eigenvalue weighted by atomic mass is 32.2. The first-order chi connectivity index (χ1) is 7.79. The third-order valence-electron chi connectivity index (χ3n) is 3.22. The Labute approximate surface area is 100 Å². The average Bonchev–Trinajstić information content (AvgIpc) is 2.13. The molecule has 0 aromatic rings. The average molecular weight is 257 g/mol. The number of fused-ring (bicyclic) bond motifs is 1. The number of rotatable bonds is 1. The van der Waals surface area contributed by atoms with E-state index in [2.05, 4.69) is 0 Å². The van der Waals surface area contributed by atoms with Gasteiger partial charge in [0.25, 0.3) is 10.1 Å². The third kappa shape index (κ3) is 2.23. The lowest BCUT2D eigenvalue weighted by molar-refractivity contribution is 0.281. The molecule has 2 aliphatic carbocycles. The van der Waals surface area contributed by atoms with E-state index in [1.54, 1.807) is 6.08 Å². The highest BCUT2D eigenvalue weighted by Crippen LogP contribution is 2.39. The van der Waals surface area contributed by atoms with Crippen molar-refractivity contribution in [1.29, 1.82) is 0 Å². The van der Waals surface area contributed by atoms with Crippen molar-refractivity contribution in [2.24, 2.45) is 17.6 Å². The van der Waals surface area contributed by atoms with Crippen molar-refractivity contribution in [2.45, 2.75) is 18.6 Å². The molecule has 0 saturated carbocycles. The summed E-state index contributed by atoms with van der Waals surface area (Å²) in [6.45, 7) is 1.86. The summed E-state index contributed by atoms with van der Waals surface area (Å²) in [5, 5.41) is 8.77. The largest absolute Gasteiger partial charge is 0.512 e. The fourth-order valence-electron chi connectivity index (χ4n) is 2.51. The van der Waals surface area contributed by atoms with E-state index in [1.165, 1.54) is 6.08 Å². The first-order valence-electron chi connectivity index (χ1n) is 5.31. The Bertz CT molecular complexity index is 530. The number of nitrogens with two attached hydrogens (primary N) is 1. The lowest BCUT2D eigenvalue weighted by atomic mass is 9.76. The van der Waals surface area contributed by atoms with E-state index in [0.717, 1.165) is 5.57 Å². The topological polar surface area (TPSA) is 101 Å². The van der Waals surface area contributed by atoms with Gasteiger partial charge in [0.2, 0.25) is 0 Å². The molecule has 2 rings (SSSR count). The zero-order chi connectivity index (χ0) is 12.8. The van der Waals surface area contributed by atoms with E-state index in [0.29, 0.717) is 5.70 Å². The normalized spacial score (nSPS) is 33.3. The Kier molecular flexibility index (Phi) is 2.79. The van der Waals surface area contributed by atoms with Gasteiger partial charge in [-0.1, -0.05) is 11.6 Å². The van der Waals surface area contributed by atoms with Gasteiger partial charge >= 0.3 is 0 Å². The molecule has 17 heavy (non-hydrogen) atoms. The highest BCUT2D eigenvalue weighted by molar-refractivity contribution is 7.86. The summed E-state index contributed by atoms with van der Waals surface area (Å²) in [4.78, 5) is 0. The molecule has 94 valence electrons. The van der Waals surface area contributed by atoms with Crippen LogP contribution in [0.25, 0.3) is 0 Å². The van der Waals surface area contributed by atoms with Crippen LogP contribution in [0.3, 0.4) is 0 Å². The van der Waals surface area contributed by atoms with Crippen LogP contribution in [0.15, 0.2) is 35.3 Å². The Hall–Kier alpha value is -1.27. The van der Waals surface area contributed by atoms with Crippen molar-refractivity contribution in [3.8, 4) is 0 Å². The fraction of sp³-hybridized carbons (Fsp3) is 0.455. The minimum Gasteiger partial charge on any atom is -0.512 e. The fourth-order valence-corrected chi connectivity index (χ4v) is 3.29. The smallest absolute Gasteiger partial charge is 0.271 e. The van der Waals surface area contributed by atoms with E-state index in [4.69, 9.17) is 10.3 Å². The standard InChI is InChI=1S/C11H15NO4S/c1-6-2-7-4-8(17(14,15)16)5-10(13)11(7)9(12)3-6/h2-3,5,7-8,11,13H,4,12H2,1H3,(H,14,15,16). The van der Waals surface area contributed by atoms with Crippen LogP contribution >= 0.6 is 0 Å². The summed E-state index contributed by atoms with van der Waals surface area (Å²) < 4.78 is 31.2. The predicted octanol–water partition coefficient (Wildman–Crippen LogP) is 1.12. The van der Waals surface area contributed by atoms with E-state index in [9.17, 15) is 13.5 Å². The van der Waals surface area contributed by atoms with Gasteiger partial charge in [0.1, 0.15) is 5.25 Å². The number of hydrogen-bond donors (Lipinski definition) is 3. The molecule has 2 aliphatic rings. The van der Waals surface area contributed by atoms with E-state index < -0.39 is 15.4 Å². The molecule has 0 aromatic heterocycles. The maximum Gasteiger partial charge on any atom is 0.271 e. The van der Waals surface area contributed by atoms with Crippen molar-refractivity contribution in [1.82, 2.24) is 0 Å². The number of allylic oxidation sites excluding steroid dienone is 3. The molecule has 3 atom stereocenters. The van der Waals surface area contributed by atoms with E-state index in [1.807, 2.05) is 13.0 Å². The van der Waals surface area contributed by atoms with Crippen molar-refractivity contribution in [2.75, 3.05) is 0 Å². The third-order valence-corrected chi connectivity index (χ3v) is 4.31. The summed E-state index contributed by atoms with van der Waals surface area (Å²) in [6, 6.07) is 0. The maximum atomic E-state index is 11.1. The van der Waals surface area contributed by atoms with Crippen molar-refractivity contribution in [3.05, 3.63) is 35.3 Å². The van der Waals surface area contributed by atoms with Gasteiger partial charge in [-0.2, -0.15) is 8.42 Å². The van der Waals surface area contributed by atoms with Crippen LogP contribution in [-0.2, 0) is 10.1 Å². The minimum absolute atomic E-state index is 0.0821. The van der Waals surface area contributed by atoms with Crippen LogP contribution in [0, 0.1) is 11.8 Å². The molecule has 0 heterocycles. The Morgan fingerprint density at radius 2 is 2.06 bits per heavy atom. The van der Waals surface area contributed by atoms with Crippen LogP contribution in [0.4, 0.5) is 0 Å². The molecule has 6 heteroatoms. The van der Waals surface area contributed by atoms with Gasteiger partial charge in [-0.15, -0.1) is 0 Å². The molecular formula is C11H15NO4S. The van der Waals surface area contributed by atoms with Crippen molar-refractivity contribution >= 4 is 10.1 Å². The van der Waals surface area contributed by atoms with Gasteiger partial charge in [0, 0.05) is 5.70 Å². The van der Waals surface area contributed by atoms with Gasteiger partial charge in [0.15, 0.2) is 0 Å². The quantitative estimate of drug-likeness (QED) is 0.611. The molecule has 5 nitrogen and oxygen atoms in total. The van der Waals surface area contributed by atoms with E-state index >= 15 is 0 Å². The van der Waals surface area contributed by atoms with E-state index in [-0.39, 0.29) is 24.0 Å². The highest BCUT2D eigenvalue weighted by Gasteiger charge is 2.38. The molecule has 0 aliphatic heterocycles. The lowest BCUT2D eigenvalue weighted by Crippen LogP contribution is -2.35. The first-order valence-corrected chi connectivity index (χ1v) is 6.82. The second kappa shape index (κ2) is 3.89. The summed E-state index contributed by atoms with van der Waals surface area (Å²) in [6.07, 6.45) is 5.05. The van der Waals surface area contributed by atoms with Gasteiger partial charge in [-0.3, -0.25) is 4.55 Å². The second-order valence-electron chi connectivity index (χ2n) is 4.58. The Morgan fingerprint density at radius 1 is 1.41 bits per heavy atom. The molecule has 0 amide bonds. The lowest BCUT2D eigenvalue weighted by Gasteiger charge is -2.33. The van der Waals surface area contributed by atoms with Gasteiger partial charge in [-0.05, 0) is 31.4 Å². The van der Waals surface area contributed by atoms with Crippen molar-refractivity contribution in [3.63, 3.8) is 0 Å². The maximum absolute atomic E-state index is 11.1. The predicted molar refractivity (Wildman–Crippen MR) is 63.7 cm³/mol. The number of aliphatic hydroxyl groups is 1. The molecule has 3 unspecified atom stereocenters. The van der Waals surface area contributed by atoms with Crippen LogP contribution in [-0.4, -0.2) is 23.3 Å². The Morgan fingerprint density at radius 3 is 2.65 bits per heavy atom. The number of hydrogen-bond acceptors (Lipinski definition) is 4. The zero-order valence-corrected chi connectivity index (χ0v) is 10.2. The van der Waals surface area contributed by atoms with Gasteiger partial charge < -0.3 is 10.8 Å². The van der Waals surface area contributed by atoms with Crippen LogP contribution in [0.2, 0.25) is 0 Å². The summed E-state index contributed by atoms with van der Waals surface area (Å²) in [7, 11) is -4.17. The first kappa shape index (κ1) is 12.2. The van der Waals surface area contributed by atoms with Gasteiger partial charge in [0.05, 0.1) is 11.7 Å². The Balaban J connectivity index is 2.42. The van der Waals surface area contributed by atoms with Crippen molar-refractivity contribution < 1.29 is 18.1 Å². The molecular weight excluding hydrogens is 242 g/mol. The molecule has 0 radical (unpaired) electrons. The van der Waals surface area contributed by atoms with Crippen LogP contribution in [0.5, 0.6) is 0 Å². The van der Waals surface area contributed by atoms with Crippen LogP contribution in [0.1, 0.15) is 13.3 Å². The summed E-state index contributed by atoms with van der Waals surface area (Å²) in [5.74, 6) is -0.630. The molecule has 0 saturated heterocycles. The minimum atomic E-state index is -4.17. The van der Waals surface area contributed by atoms with Gasteiger partial charge in [-0.25, -0.2) is 0 Å². The molecule has 0 bridgehead atoms.